The third-order valence-corrected chi connectivity index (χ3v) is 2.84. The molecule has 1 amide bonds. The number of carbonyl (C=O) groups excluding carboxylic acids is 1. The number of nitrogens with zero attached hydrogens (tertiary/aromatic N) is 1. The molecule has 1 aliphatic heterocycles. The maximum atomic E-state index is 11.9. The van der Waals surface area contributed by atoms with Crippen molar-refractivity contribution in [3.8, 4) is 0 Å². The normalized spacial score (nSPS) is 21.5. The van der Waals surface area contributed by atoms with Gasteiger partial charge in [0, 0.05) is 12.6 Å². The lowest BCUT2D eigenvalue weighted by Gasteiger charge is -2.22. The SMILES string of the molecule is CCC1CCCN1C(=O)c1ccco1. The Kier molecular flexibility index (Phi) is 2.57. The molecule has 1 unspecified atom stereocenters. The van der Waals surface area contributed by atoms with E-state index in [0.717, 1.165) is 25.8 Å². The highest BCUT2D eigenvalue weighted by Gasteiger charge is 2.29. The molecule has 14 heavy (non-hydrogen) atoms. The summed E-state index contributed by atoms with van der Waals surface area (Å²) in [5.74, 6) is 0.504. The fourth-order valence-corrected chi connectivity index (χ4v) is 2.07. The van der Waals surface area contributed by atoms with Gasteiger partial charge in [0.25, 0.3) is 5.91 Å². The lowest BCUT2D eigenvalue weighted by atomic mass is 10.1. The highest BCUT2D eigenvalue weighted by atomic mass is 16.3. The second-order valence-corrected chi connectivity index (χ2v) is 3.68. The predicted octanol–water partition coefficient (Wildman–Crippen LogP) is 2.29. The van der Waals surface area contributed by atoms with Crippen LogP contribution in [0.3, 0.4) is 0 Å². The lowest BCUT2D eigenvalue weighted by molar-refractivity contribution is 0.0701. The molecular weight excluding hydrogens is 178 g/mol. The third-order valence-electron chi connectivity index (χ3n) is 2.84. The van der Waals surface area contributed by atoms with Crippen molar-refractivity contribution in [1.82, 2.24) is 4.90 Å². The monoisotopic (exact) mass is 193 g/mol. The quantitative estimate of drug-likeness (QED) is 0.722. The number of carbonyl (C=O) groups is 1. The molecule has 2 heterocycles. The van der Waals surface area contributed by atoms with Gasteiger partial charge in [-0.2, -0.15) is 0 Å². The van der Waals surface area contributed by atoms with E-state index in [0.29, 0.717) is 11.8 Å². The maximum absolute atomic E-state index is 11.9. The molecule has 0 aliphatic carbocycles. The van der Waals surface area contributed by atoms with Gasteiger partial charge in [0.05, 0.1) is 6.26 Å². The molecule has 0 N–H and O–H groups in total. The van der Waals surface area contributed by atoms with Crippen LogP contribution in [-0.2, 0) is 0 Å². The van der Waals surface area contributed by atoms with Crippen LogP contribution in [0, 0.1) is 0 Å². The standard InChI is InChI=1S/C11H15NO2/c1-2-9-5-3-7-12(9)11(13)10-6-4-8-14-10/h4,6,8-9H,2-3,5,7H2,1H3. The van der Waals surface area contributed by atoms with Crippen molar-refractivity contribution in [1.29, 1.82) is 0 Å². The van der Waals surface area contributed by atoms with Crippen LogP contribution in [0.25, 0.3) is 0 Å². The van der Waals surface area contributed by atoms with Gasteiger partial charge < -0.3 is 9.32 Å². The summed E-state index contributed by atoms with van der Waals surface area (Å²) >= 11 is 0. The van der Waals surface area contributed by atoms with E-state index in [1.54, 1.807) is 18.4 Å². The van der Waals surface area contributed by atoms with Crippen LogP contribution >= 0.6 is 0 Å². The van der Waals surface area contributed by atoms with E-state index in [9.17, 15) is 4.79 Å². The lowest BCUT2D eigenvalue weighted by Crippen LogP contribution is -2.34. The van der Waals surface area contributed by atoms with Crippen molar-refractivity contribution in [3.05, 3.63) is 24.2 Å². The first-order valence-electron chi connectivity index (χ1n) is 5.17. The zero-order valence-corrected chi connectivity index (χ0v) is 8.40. The third kappa shape index (κ3) is 1.54. The van der Waals surface area contributed by atoms with Crippen molar-refractivity contribution < 1.29 is 9.21 Å². The minimum atomic E-state index is 0.0411. The van der Waals surface area contributed by atoms with Gasteiger partial charge in [-0.1, -0.05) is 6.92 Å². The number of hydrogen-bond acceptors (Lipinski definition) is 2. The molecule has 0 bridgehead atoms. The van der Waals surface area contributed by atoms with Gasteiger partial charge >= 0.3 is 0 Å². The minimum absolute atomic E-state index is 0.0411. The van der Waals surface area contributed by atoms with Crippen LogP contribution in [0.1, 0.15) is 36.7 Å². The summed E-state index contributed by atoms with van der Waals surface area (Å²) in [6.45, 7) is 3.00. The van der Waals surface area contributed by atoms with E-state index < -0.39 is 0 Å². The number of likely N-dealkylation sites (tertiary alicyclic amines) is 1. The number of furan rings is 1. The van der Waals surface area contributed by atoms with E-state index >= 15 is 0 Å². The zero-order chi connectivity index (χ0) is 9.97. The molecule has 3 heteroatoms. The van der Waals surface area contributed by atoms with Gasteiger partial charge in [0.1, 0.15) is 0 Å². The molecule has 0 spiro atoms. The van der Waals surface area contributed by atoms with E-state index in [2.05, 4.69) is 6.92 Å². The second-order valence-electron chi connectivity index (χ2n) is 3.68. The van der Waals surface area contributed by atoms with Crippen LogP contribution in [0.5, 0.6) is 0 Å². The van der Waals surface area contributed by atoms with Gasteiger partial charge in [-0.3, -0.25) is 4.79 Å². The molecule has 1 aromatic heterocycles. The summed E-state index contributed by atoms with van der Waals surface area (Å²) in [6, 6.07) is 3.89. The Morgan fingerprint density at radius 1 is 1.71 bits per heavy atom. The van der Waals surface area contributed by atoms with E-state index in [4.69, 9.17) is 4.42 Å². The summed E-state index contributed by atoms with van der Waals surface area (Å²) in [7, 11) is 0. The van der Waals surface area contributed by atoms with E-state index in [1.165, 1.54) is 0 Å². The molecule has 1 atom stereocenters. The topological polar surface area (TPSA) is 33.5 Å². The molecule has 0 radical (unpaired) electrons. The maximum Gasteiger partial charge on any atom is 0.289 e. The summed E-state index contributed by atoms with van der Waals surface area (Å²) in [4.78, 5) is 13.8. The van der Waals surface area contributed by atoms with Crippen LogP contribution in [-0.4, -0.2) is 23.4 Å². The molecule has 3 nitrogen and oxygen atoms in total. The predicted molar refractivity (Wildman–Crippen MR) is 53.1 cm³/mol. The largest absolute Gasteiger partial charge is 0.459 e. The van der Waals surface area contributed by atoms with E-state index in [-0.39, 0.29) is 5.91 Å². The molecule has 1 saturated heterocycles. The van der Waals surface area contributed by atoms with Crippen LogP contribution in [0.4, 0.5) is 0 Å². The van der Waals surface area contributed by atoms with Crippen molar-refractivity contribution >= 4 is 5.91 Å². The summed E-state index contributed by atoms with van der Waals surface area (Å²) in [6.07, 6.45) is 4.82. The molecule has 0 saturated carbocycles. The number of rotatable bonds is 2. The molecule has 0 aromatic carbocycles. The molecule has 2 rings (SSSR count). The van der Waals surface area contributed by atoms with Crippen molar-refractivity contribution in [3.63, 3.8) is 0 Å². The van der Waals surface area contributed by atoms with Gasteiger partial charge in [0.2, 0.25) is 0 Å². The average Bonchev–Trinajstić information content (AvgIpc) is 2.87. The van der Waals surface area contributed by atoms with Crippen molar-refractivity contribution in [2.24, 2.45) is 0 Å². The Morgan fingerprint density at radius 3 is 3.21 bits per heavy atom. The summed E-state index contributed by atoms with van der Waals surface area (Å²) in [5, 5.41) is 0. The molecular formula is C11H15NO2. The number of amides is 1. The highest BCUT2D eigenvalue weighted by Crippen LogP contribution is 2.22. The summed E-state index contributed by atoms with van der Waals surface area (Å²) in [5.41, 5.74) is 0. The first-order valence-corrected chi connectivity index (χ1v) is 5.17. The van der Waals surface area contributed by atoms with Crippen LogP contribution in [0.2, 0.25) is 0 Å². The minimum Gasteiger partial charge on any atom is -0.459 e. The molecule has 1 aliphatic rings. The fourth-order valence-electron chi connectivity index (χ4n) is 2.07. The smallest absolute Gasteiger partial charge is 0.289 e. The molecule has 76 valence electrons. The highest BCUT2D eigenvalue weighted by molar-refractivity contribution is 5.91. The zero-order valence-electron chi connectivity index (χ0n) is 8.40. The Bertz CT molecular complexity index is 305. The van der Waals surface area contributed by atoms with Gasteiger partial charge in [-0.15, -0.1) is 0 Å². The van der Waals surface area contributed by atoms with Crippen LogP contribution < -0.4 is 0 Å². The van der Waals surface area contributed by atoms with Crippen LogP contribution in [0.15, 0.2) is 22.8 Å². The van der Waals surface area contributed by atoms with E-state index in [1.807, 2.05) is 4.90 Å². The van der Waals surface area contributed by atoms with Gasteiger partial charge in [0.15, 0.2) is 5.76 Å². The first-order chi connectivity index (χ1) is 6.83. The molecule has 1 aromatic rings. The van der Waals surface area contributed by atoms with Crippen molar-refractivity contribution in [2.45, 2.75) is 32.2 Å². The fraction of sp³-hybridized carbons (Fsp3) is 0.545. The Morgan fingerprint density at radius 2 is 2.57 bits per heavy atom. The Labute approximate surface area is 83.7 Å². The van der Waals surface area contributed by atoms with Crippen molar-refractivity contribution in [2.75, 3.05) is 6.54 Å². The van der Waals surface area contributed by atoms with Gasteiger partial charge in [-0.05, 0) is 31.4 Å². The summed E-state index contributed by atoms with van der Waals surface area (Å²) < 4.78 is 5.11. The first kappa shape index (κ1) is 9.31. The van der Waals surface area contributed by atoms with Gasteiger partial charge in [-0.25, -0.2) is 0 Å². The Balaban J connectivity index is 2.11. The molecule has 1 fully saturated rings. The average molecular weight is 193 g/mol. The second kappa shape index (κ2) is 3.86. The number of hydrogen-bond donors (Lipinski definition) is 0. The Hall–Kier alpha value is -1.25.